The van der Waals surface area contributed by atoms with E-state index in [1.807, 2.05) is 61.5 Å². The number of hydrogen-bond donors (Lipinski definition) is 0. The van der Waals surface area contributed by atoms with Gasteiger partial charge in [-0.2, -0.15) is 0 Å². The number of ether oxygens (including phenoxy) is 1. The standard InChI is InChI=1S/C26H29ClNO3S.Na/c1-19(2)22-11-15-24(16-12-22)31-26(4,17-21-9-13-23(27)14-10-21)18-28-32(29,30)25-8-6-5-7-20(25)3;/h5-16,19H,17-18H2,1-4H3;/q-1;+1. The third-order valence-electron chi connectivity index (χ3n) is 5.34. The number of hydrogen-bond acceptors (Lipinski definition) is 3. The Morgan fingerprint density at radius 3 is 2.15 bits per heavy atom. The van der Waals surface area contributed by atoms with Gasteiger partial charge in [0.05, 0.1) is 10.5 Å². The number of nitrogens with zero attached hydrogens (tertiary/aromatic N) is 1. The molecule has 33 heavy (non-hydrogen) atoms. The first-order valence-corrected chi connectivity index (χ1v) is 12.4. The summed E-state index contributed by atoms with van der Waals surface area (Å²) in [4.78, 5) is 0.218. The molecular weight excluding hydrogens is 465 g/mol. The second-order valence-corrected chi connectivity index (χ2v) is 10.7. The molecule has 0 aromatic heterocycles. The molecule has 3 aromatic carbocycles. The van der Waals surface area contributed by atoms with Crippen molar-refractivity contribution >= 4 is 21.6 Å². The van der Waals surface area contributed by atoms with Gasteiger partial charge in [0.2, 0.25) is 0 Å². The summed E-state index contributed by atoms with van der Waals surface area (Å²) in [5.74, 6) is 1.09. The van der Waals surface area contributed by atoms with Gasteiger partial charge >= 0.3 is 29.6 Å². The van der Waals surface area contributed by atoms with Crippen LogP contribution in [0.4, 0.5) is 0 Å². The summed E-state index contributed by atoms with van der Waals surface area (Å²) in [5.41, 5.74) is 1.99. The maximum Gasteiger partial charge on any atom is 1.00 e. The van der Waals surface area contributed by atoms with Crippen LogP contribution < -0.4 is 34.3 Å². The Balaban J connectivity index is 0.00000385. The van der Waals surface area contributed by atoms with Crippen molar-refractivity contribution in [3.05, 3.63) is 99.2 Å². The maximum atomic E-state index is 12.9. The Morgan fingerprint density at radius 1 is 0.970 bits per heavy atom. The monoisotopic (exact) mass is 493 g/mol. The molecule has 0 saturated carbocycles. The normalized spacial score (nSPS) is 13.3. The van der Waals surface area contributed by atoms with E-state index in [2.05, 4.69) is 18.6 Å². The van der Waals surface area contributed by atoms with Gasteiger partial charge in [0.15, 0.2) is 0 Å². The van der Waals surface area contributed by atoms with Crippen molar-refractivity contribution in [3.8, 4) is 5.75 Å². The van der Waals surface area contributed by atoms with Gasteiger partial charge in [-0.25, -0.2) is 8.42 Å². The van der Waals surface area contributed by atoms with Gasteiger partial charge in [0, 0.05) is 11.4 Å². The molecular formula is C26H29ClNNaO3S. The first-order valence-electron chi connectivity index (χ1n) is 10.6. The van der Waals surface area contributed by atoms with E-state index in [0.29, 0.717) is 28.7 Å². The quantitative estimate of drug-likeness (QED) is 0.424. The topological polar surface area (TPSA) is 57.5 Å². The Hall–Kier alpha value is -1.34. The Morgan fingerprint density at radius 2 is 1.58 bits per heavy atom. The van der Waals surface area contributed by atoms with Crippen LogP contribution in [0.3, 0.4) is 0 Å². The van der Waals surface area contributed by atoms with Crippen LogP contribution in [0.25, 0.3) is 4.72 Å². The van der Waals surface area contributed by atoms with Crippen LogP contribution in [-0.4, -0.2) is 20.6 Å². The zero-order chi connectivity index (χ0) is 23.4. The molecule has 7 heteroatoms. The van der Waals surface area contributed by atoms with Crippen molar-refractivity contribution < 1.29 is 42.7 Å². The summed E-state index contributed by atoms with van der Waals surface area (Å²) in [7, 11) is -3.81. The Bertz CT molecular complexity index is 1150. The van der Waals surface area contributed by atoms with Gasteiger partial charge in [0.1, 0.15) is 15.8 Å². The molecule has 3 aromatic rings. The first kappa shape index (κ1) is 27.9. The predicted octanol–water partition coefficient (Wildman–Crippen LogP) is 3.92. The largest absolute Gasteiger partial charge is 1.00 e. The molecule has 4 nitrogen and oxygen atoms in total. The second kappa shape index (κ2) is 11.9. The molecule has 0 amide bonds. The number of benzene rings is 3. The van der Waals surface area contributed by atoms with E-state index >= 15 is 0 Å². The minimum Gasteiger partial charge on any atom is -0.541 e. The Labute approximate surface area is 225 Å². The molecule has 0 radical (unpaired) electrons. The molecule has 0 aliphatic heterocycles. The maximum absolute atomic E-state index is 12.9. The minimum absolute atomic E-state index is 0. The van der Waals surface area contributed by atoms with Gasteiger partial charge in [-0.15, -0.1) is 0 Å². The molecule has 0 N–H and O–H groups in total. The van der Waals surface area contributed by atoms with E-state index in [4.69, 9.17) is 16.3 Å². The van der Waals surface area contributed by atoms with Gasteiger partial charge in [0.25, 0.3) is 0 Å². The summed E-state index contributed by atoms with van der Waals surface area (Å²) < 4.78 is 36.3. The van der Waals surface area contributed by atoms with E-state index in [-0.39, 0.29) is 41.0 Å². The van der Waals surface area contributed by atoms with E-state index in [1.54, 1.807) is 25.1 Å². The fourth-order valence-corrected chi connectivity index (χ4v) is 4.93. The van der Waals surface area contributed by atoms with E-state index in [0.717, 1.165) is 5.56 Å². The smallest absolute Gasteiger partial charge is 0.541 e. The van der Waals surface area contributed by atoms with Crippen LogP contribution in [0, 0.1) is 6.92 Å². The Kier molecular flexibility index (Phi) is 10.0. The molecule has 0 bridgehead atoms. The predicted molar refractivity (Wildman–Crippen MR) is 131 cm³/mol. The summed E-state index contributed by atoms with van der Waals surface area (Å²) >= 11 is 6.03. The summed E-state index contributed by atoms with van der Waals surface area (Å²) in [6, 6.07) is 22.2. The second-order valence-electron chi connectivity index (χ2n) is 8.61. The van der Waals surface area contributed by atoms with Gasteiger partial charge in [-0.1, -0.05) is 74.5 Å². The van der Waals surface area contributed by atoms with Crippen molar-refractivity contribution in [2.24, 2.45) is 0 Å². The van der Waals surface area contributed by atoms with Crippen LogP contribution >= 0.6 is 11.6 Å². The zero-order valence-corrected chi connectivity index (χ0v) is 23.5. The molecule has 3 rings (SSSR count). The van der Waals surface area contributed by atoms with Crippen LogP contribution in [0.2, 0.25) is 5.02 Å². The number of aryl methyl sites for hydroxylation is 1. The number of halogens is 1. The molecule has 0 aliphatic carbocycles. The molecule has 1 atom stereocenters. The molecule has 0 fully saturated rings. The minimum atomic E-state index is -3.81. The van der Waals surface area contributed by atoms with Gasteiger partial charge in [-0.3, -0.25) is 0 Å². The molecule has 0 heterocycles. The SMILES string of the molecule is Cc1ccccc1S(=O)(=O)[N-]CC(C)(Cc1ccc(Cl)cc1)Oc1ccc(C(C)C)cc1.[Na+]. The van der Waals surface area contributed by atoms with Crippen molar-refractivity contribution in [2.75, 3.05) is 6.54 Å². The summed E-state index contributed by atoms with van der Waals surface area (Å²) in [6.45, 7) is 7.90. The average molecular weight is 494 g/mol. The fraction of sp³-hybridized carbons (Fsp3) is 0.308. The summed E-state index contributed by atoms with van der Waals surface area (Å²) in [6.07, 6.45) is 0.475. The van der Waals surface area contributed by atoms with Gasteiger partial charge < -0.3 is 9.46 Å². The van der Waals surface area contributed by atoms with Crippen molar-refractivity contribution in [1.29, 1.82) is 0 Å². The van der Waals surface area contributed by atoms with E-state index in [1.165, 1.54) is 5.56 Å². The van der Waals surface area contributed by atoms with Crippen LogP contribution in [0.1, 0.15) is 43.4 Å². The van der Waals surface area contributed by atoms with Crippen molar-refractivity contribution in [1.82, 2.24) is 0 Å². The van der Waals surface area contributed by atoms with Crippen LogP contribution in [0.15, 0.2) is 77.7 Å². The number of sulfonamides is 1. The van der Waals surface area contributed by atoms with Gasteiger partial charge in [-0.05, 0) is 66.8 Å². The number of rotatable bonds is 9. The third-order valence-corrected chi connectivity index (χ3v) is 7.08. The molecule has 0 aliphatic rings. The first-order chi connectivity index (χ1) is 15.1. The van der Waals surface area contributed by atoms with Crippen molar-refractivity contribution in [2.45, 2.75) is 50.5 Å². The zero-order valence-electron chi connectivity index (χ0n) is 19.9. The van der Waals surface area contributed by atoms with Crippen LogP contribution in [0.5, 0.6) is 5.75 Å². The molecule has 1 unspecified atom stereocenters. The molecule has 170 valence electrons. The molecule has 0 spiro atoms. The summed E-state index contributed by atoms with van der Waals surface area (Å²) in [5, 5.41) is 0.646. The van der Waals surface area contributed by atoms with Crippen molar-refractivity contribution in [3.63, 3.8) is 0 Å². The average Bonchev–Trinajstić information content (AvgIpc) is 2.75. The molecule has 0 saturated heterocycles. The fourth-order valence-electron chi connectivity index (χ4n) is 3.50. The third kappa shape index (κ3) is 7.84. The van der Waals surface area contributed by atoms with Crippen LogP contribution in [-0.2, 0) is 16.4 Å². The van der Waals surface area contributed by atoms with E-state index < -0.39 is 15.6 Å². The van der Waals surface area contributed by atoms with E-state index in [9.17, 15) is 8.42 Å².